The zero-order valence-corrected chi connectivity index (χ0v) is 41.4. The molecule has 0 radical (unpaired) electrons. The van der Waals surface area contributed by atoms with Crippen LogP contribution in [0.5, 0.6) is 0 Å². The van der Waals surface area contributed by atoms with E-state index in [-0.39, 0.29) is 5.41 Å². The van der Waals surface area contributed by atoms with Crippen molar-refractivity contribution in [3.8, 4) is 11.1 Å². The number of fused-ring (bicyclic) bond motifs is 11. The van der Waals surface area contributed by atoms with Crippen molar-refractivity contribution >= 4 is 32.7 Å². The van der Waals surface area contributed by atoms with Crippen molar-refractivity contribution < 1.29 is 0 Å². The molecule has 0 aromatic heterocycles. The Kier molecular flexibility index (Phi) is 17.7. The van der Waals surface area contributed by atoms with Crippen LogP contribution in [0.3, 0.4) is 0 Å². The van der Waals surface area contributed by atoms with Crippen LogP contribution in [0.4, 0.5) is 0 Å². The normalized spacial score (nSPS) is 13.6. The highest BCUT2D eigenvalue weighted by molar-refractivity contribution is 6.08. The molecule has 0 aliphatic heterocycles. The molecule has 0 N–H and O–H groups in total. The summed E-state index contributed by atoms with van der Waals surface area (Å²) in [6.45, 7) is 25.1. The Labute approximate surface area is 408 Å². The Morgan fingerprint density at radius 1 is 0.515 bits per heavy atom. The minimum absolute atomic E-state index is 0.298. The summed E-state index contributed by atoms with van der Waals surface area (Å²) in [6.07, 6.45) is 9.13. The maximum absolute atomic E-state index is 4.62. The maximum Gasteiger partial charge on any atom is 0.0510 e. The third kappa shape index (κ3) is 10.8. The molecule has 68 heavy (non-hydrogen) atoms. The fourth-order valence-corrected chi connectivity index (χ4v) is 9.43. The van der Waals surface area contributed by atoms with E-state index in [0.29, 0.717) is 0 Å². The highest BCUT2D eigenvalue weighted by Crippen LogP contribution is 2.57. The average molecular weight is 883 g/mol. The number of allylic oxidation sites excluding steroid dienone is 5. The molecular weight excluding hydrogens is 817 g/mol. The molecule has 1 spiro atoms. The first-order chi connectivity index (χ1) is 33.3. The summed E-state index contributed by atoms with van der Waals surface area (Å²) in [4.78, 5) is 0. The van der Waals surface area contributed by atoms with Gasteiger partial charge < -0.3 is 0 Å². The summed E-state index contributed by atoms with van der Waals surface area (Å²) in [6, 6.07) is 74.4. The smallest absolute Gasteiger partial charge is 0.0510 e. The van der Waals surface area contributed by atoms with Gasteiger partial charge in [0.05, 0.1) is 5.41 Å². The third-order valence-corrected chi connectivity index (χ3v) is 12.4. The van der Waals surface area contributed by atoms with Gasteiger partial charge in [-0.3, -0.25) is 0 Å². The Morgan fingerprint density at radius 3 is 1.74 bits per heavy atom. The Balaban J connectivity index is 0.000000192. The minimum Gasteiger partial charge on any atom is -0.0990 e. The van der Waals surface area contributed by atoms with Crippen molar-refractivity contribution in [3.05, 3.63) is 299 Å². The lowest BCUT2D eigenvalue weighted by Gasteiger charge is -2.34. The summed E-state index contributed by atoms with van der Waals surface area (Å²) in [7, 11) is 0. The van der Waals surface area contributed by atoms with Crippen LogP contribution < -0.4 is 0 Å². The summed E-state index contributed by atoms with van der Waals surface area (Å²) in [5.41, 5.74) is 17.8. The van der Waals surface area contributed by atoms with Gasteiger partial charge in [0.2, 0.25) is 0 Å². The predicted octanol–water partition coefficient (Wildman–Crippen LogP) is 18.7. The summed E-state index contributed by atoms with van der Waals surface area (Å²) in [5.74, 6) is 0. The molecule has 0 bridgehead atoms. The quantitative estimate of drug-likeness (QED) is 0.123. The van der Waals surface area contributed by atoms with Gasteiger partial charge in [0.25, 0.3) is 0 Å². The van der Waals surface area contributed by atoms with Crippen molar-refractivity contribution in [1.82, 2.24) is 0 Å². The van der Waals surface area contributed by atoms with Crippen molar-refractivity contribution in [1.29, 1.82) is 0 Å². The summed E-state index contributed by atoms with van der Waals surface area (Å²) < 4.78 is 0. The standard InChI is InChI=1S/C36H30.C15H12.C7H8.C6H4.2C2H6/c1-5-11-26(12-6-2)27-18-20-32-31-15-9-10-16-33(31)36(35(32)22-27)23-28-13-7-8-14-29(28)25(4)30-19-17-24(3)21-34(30)36;1-11-10-12-6-2-3-8-14(12)15-9-5-4-7-13(11)15;1-7-5-3-2-4-6-7;1-2-4-6-5-3-1;2*1-2/h5-22H,1,4,23H2,2-3H3;2-10H,1H3;2-6H,1H3;1-4H;2*1-2H3/b12-6-,26-11+;;;;;. The van der Waals surface area contributed by atoms with Crippen molar-refractivity contribution in [2.24, 2.45) is 0 Å². The lowest BCUT2D eigenvalue weighted by Crippen LogP contribution is -2.30. The summed E-state index contributed by atoms with van der Waals surface area (Å²) in [5, 5.41) is 5.39. The van der Waals surface area contributed by atoms with Gasteiger partial charge in [0.1, 0.15) is 0 Å². The SMILES string of the molecule is C=C/C=C(\C=C/C)c1ccc2c(c1)C1(Cc3ccccc3C(=C)c3ccc(C)cc31)c1ccccc1-2.CC.CC.Cc1cc2ccccc2c2ccccc12.Cc1ccccc1.c1ccccc#1. The van der Waals surface area contributed by atoms with E-state index in [0.717, 1.165) is 12.0 Å². The van der Waals surface area contributed by atoms with Gasteiger partial charge in [-0.25, -0.2) is 0 Å². The molecule has 0 heterocycles. The number of hydrogen-bond acceptors (Lipinski definition) is 0. The van der Waals surface area contributed by atoms with E-state index in [9.17, 15) is 0 Å². The van der Waals surface area contributed by atoms with Crippen LogP contribution in [0.15, 0.2) is 232 Å². The number of benzene rings is 8. The van der Waals surface area contributed by atoms with E-state index in [4.69, 9.17) is 0 Å². The second-order valence-electron chi connectivity index (χ2n) is 16.6. The average Bonchev–Trinajstić information content (AvgIpc) is 3.62. The molecule has 0 amide bonds. The largest absolute Gasteiger partial charge is 0.0990 e. The fourth-order valence-electron chi connectivity index (χ4n) is 9.43. The van der Waals surface area contributed by atoms with Gasteiger partial charge in [-0.1, -0.05) is 264 Å². The Hall–Kier alpha value is -7.72. The molecule has 0 saturated heterocycles. The molecule has 338 valence electrons. The van der Waals surface area contributed by atoms with Gasteiger partial charge in [0, 0.05) is 0 Å². The van der Waals surface area contributed by atoms with E-state index in [2.05, 4.69) is 223 Å². The first-order valence-corrected chi connectivity index (χ1v) is 24.1. The van der Waals surface area contributed by atoms with E-state index < -0.39 is 0 Å². The molecule has 0 saturated carbocycles. The van der Waals surface area contributed by atoms with Gasteiger partial charge >= 0.3 is 0 Å². The highest BCUT2D eigenvalue weighted by Gasteiger charge is 2.47. The molecule has 11 rings (SSSR count). The highest BCUT2D eigenvalue weighted by atomic mass is 14.5. The number of hydrogen-bond donors (Lipinski definition) is 0. The molecule has 0 heteroatoms. The van der Waals surface area contributed by atoms with Gasteiger partial charge in [-0.05, 0) is 141 Å². The van der Waals surface area contributed by atoms with Crippen LogP contribution in [-0.2, 0) is 11.8 Å². The van der Waals surface area contributed by atoms with Crippen molar-refractivity contribution in [3.63, 3.8) is 0 Å². The van der Waals surface area contributed by atoms with Crippen molar-refractivity contribution in [2.75, 3.05) is 0 Å². The number of rotatable bonds is 3. The zero-order valence-electron chi connectivity index (χ0n) is 41.4. The van der Waals surface area contributed by atoms with Crippen LogP contribution in [0, 0.1) is 32.9 Å². The Morgan fingerprint density at radius 2 is 1.09 bits per heavy atom. The molecule has 1 atom stereocenters. The van der Waals surface area contributed by atoms with E-state index >= 15 is 0 Å². The van der Waals surface area contributed by atoms with E-state index in [1.807, 2.05) is 76.2 Å². The molecule has 1 unspecified atom stereocenters. The molecule has 0 nitrogen and oxygen atoms in total. The maximum atomic E-state index is 4.62. The predicted molar refractivity (Wildman–Crippen MR) is 298 cm³/mol. The molecule has 9 aromatic carbocycles. The molecule has 9 aromatic rings. The first kappa shape index (κ1) is 49.7. The fraction of sp³-hybridized carbons (Fsp3) is 0.147. The minimum atomic E-state index is -0.298. The van der Waals surface area contributed by atoms with Gasteiger partial charge in [-0.15, -0.1) is 0 Å². The van der Waals surface area contributed by atoms with Gasteiger partial charge in [0.15, 0.2) is 0 Å². The molecule has 0 fully saturated rings. The van der Waals surface area contributed by atoms with Crippen molar-refractivity contribution in [2.45, 2.75) is 67.2 Å². The zero-order chi connectivity index (χ0) is 48.5. The molecule has 2 aliphatic rings. The second kappa shape index (κ2) is 24.2. The van der Waals surface area contributed by atoms with E-state index in [1.54, 1.807) is 0 Å². The second-order valence-corrected chi connectivity index (χ2v) is 16.6. The lowest BCUT2D eigenvalue weighted by atomic mass is 9.67. The van der Waals surface area contributed by atoms with Crippen LogP contribution in [0.2, 0.25) is 0 Å². The van der Waals surface area contributed by atoms with Crippen LogP contribution in [0.1, 0.15) is 90.3 Å². The van der Waals surface area contributed by atoms with Gasteiger partial charge in [-0.2, -0.15) is 0 Å². The number of aryl methyl sites for hydroxylation is 3. The van der Waals surface area contributed by atoms with Crippen LogP contribution in [-0.4, -0.2) is 0 Å². The van der Waals surface area contributed by atoms with E-state index in [1.165, 1.54) is 93.9 Å². The van der Waals surface area contributed by atoms with Crippen LogP contribution in [0.25, 0.3) is 43.8 Å². The first-order valence-electron chi connectivity index (χ1n) is 24.1. The third-order valence-electron chi connectivity index (χ3n) is 12.4. The topological polar surface area (TPSA) is 0 Å². The van der Waals surface area contributed by atoms with Crippen LogP contribution >= 0.6 is 0 Å². The Bertz CT molecular complexity index is 3110. The summed E-state index contributed by atoms with van der Waals surface area (Å²) >= 11 is 0. The monoisotopic (exact) mass is 883 g/mol. The molecule has 2 aliphatic carbocycles. The molecular formula is C68H66. The lowest BCUT2D eigenvalue weighted by molar-refractivity contribution is 0.630.